The minimum Gasteiger partial charge on any atom is -0.280 e. The molecule has 0 aliphatic carbocycles. The van der Waals surface area contributed by atoms with Crippen molar-refractivity contribution in [2.45, 2.75) is 9.79 Å². The van der Waals surface area contributed by atoms with Crippen molar-refractivity contribution >= 4 is 66.2 Å². The van der Waals surface area contributed by atoms with E-state index >= 15 is 0 Å². The van der Waals surface area contributed by atoms with Crippen molar-refractivity contribution < 1.29 is 16.8 Å². The van der Waals surface area contributed by atoms with Gasteiger partial charge in [-0.1, -0.05) is 34.8 Å². The molecule has 3 rings (SSSR count). The van der Waals surface area contributed by atoms with E-state index in [9.17, 15) is 16.8 Å². The first-order valence-electron chi connectivity index (χ1n) is 7.92. The number of halogens is 3. The van der Waals surface area contributed by atoms with Crippen LogP contribution in [0.3, 0.4) is 0 Å². The van der Waals surface area contributed by atoms with Crippen LogP contribution in [0.2, 0.25) is 15.1 Å². The zero-order chi connectivity index (χ0) is 21.2. The Morgan fingerprint density at radius 2 is 0.931 bits per heavy atom. The van der Waals surface area contributed by atoms with Gasteiger partial charge in [0.2, 0.25) is 0 Å². The van der Waals surface area contributed by atoms with Crippen LogP contribution in [0.1, 0.15) is 0 Å². The standard InChI is InChI=1S/C18H13Cl3N2O4S2/c19-12-1-3-15(4-2-12)22-28(24,25)17-7-5-16(6-8-17)23-29(26,27)18-10-13(20)9-14(21)11-18/h1-11,22-23H. The molecule has 0 bridgehead atoms. The molecule has 6 nitrogen and oxygen atoms in total. The Morgan fingerprint density at radius 1 is 0.517 bits per heavy atom. The molecule has 11 heteroatoms. The maximum absolute atomic E-state index is 12.5. The van der Waals surface area contributed by atoms with Gasteiger partial charge in [0.15, 0.2) is 0 Å². The summed E-state index contributed by atoms with van der Waals surface area (Å²) in [7, 11) is -7.81. The van der Waals surface area contributed by atoms with Crippen LogP contribution in [0.25, 0.3) is 0 Å². The zero-order valence-corrected chi connectivity index (χ0v) is 18.3. The summed E-state index contributed by atoms with van der Waals surface area (Å²) in [4.78, 5) is -0.155. The Kier molecular flexibility index (Phi) is 6.30. The van der Waals surface area contributed by atoms with Crippen LogP contribution >= 0.6 is 34.8 Å². The molecule has 0 atom stereocenters. The number of anilines is 2. The van der Waals surface area contributed by atoms with Gasteiger partial charge in [-0.25, -0.2) is 16.8 Å². The monoisotopic (exact) mass is 490 g/mol. The summed E-state index contributed by atoms with van der Waals surface area (Å²) >= 11 is 17.5. The van der Waals surface area contributed by atoms with E-state index in [1.807, 2.05) is 0 Å². The summed E-state index contributed by atoms with van der Waals surface area (Å²) in [5, 5.41) is 0.825. The van der Waals surface area contributed by atoms with E-state index < -0.39 is 20.0 Å². The van der Waals surface area contributed by atoms with Crippen LogP contribution in [-0.2, 0) is 20.0 Å². The lowest BCUT2D eigenvalue weighted by Crippen LogP contribution is -2.14. The molecule has 0 amide bonds. The molecule has 152 valence electrons. The molecule has 0 aliphatic rings. The minimum absolute atomic E-state index is 0.0406. The van der Waals surface area contributed by atoms with Crippen molar-refractivity contribution in [2.24, 2.45) is 0 Å². The van der Waals surface area contributed by atoms with Gasteiger partial charge >= 0.3 is 0 Å². The third-order valence-electron chi connectivity index (χ3n) is 3.66. The molecule has 0 aliphatic heterocycles. The summed E-state index contributed by atoms with van der Waals surface area (Å²) in [5.41, 5.74) is 0.517. The van der Waals surface area contributed by atoms with Gasteiger partial charge in [-0.3, -0.25) is 9.44 Å². The molecule has 0 unspecified atom stereocenters. The molecule has 0 aromatic heterocycles. The van der Waals surface area contributed by atoms with Crippen LogP contribution in [0.5, 0.6) is 0 Å². The van der Waals surface area contributed by atoms with E-state index in [0.29, 0.717) is 10.7 Å². The molecule has 0 saturated heterocycles. The van der Waals surface area contributed by atoms with Crippen LogP contribution < -0.4 is 9.44 Å². The number of benzene rings is 3. The molecule has 0 spiro atoms. The first kappa shape index (κ1) is 21.7. The van der Waals surface area contributed by atoms with Crippen LogP contribution in [0.15, 0.2) is 76.5 Å². The van der Waals surface area contributed by atoms with E-state index in [1.165, 1.54) is 54.6 Å². The number of sulfonamides is 2. The Bertz CT molecular complexity index is 1230. The zero-order valence-electron chi connectivity index (χ0n) is 14.4. The lowest BCUT2D eigenvalue weighted by molar-refractivity contribution is 0.600. The molecule has 2 N–H and O–H groups in total. The first-order chi connectivity index (χ1) is 13.5. The topological polar surface area (TPSA) is 92.3 Å². The lowest BCUT2D eigenvalue weighted by atomic mass is 10.3. The van der Waals surface area contributed by atoms with Gasteiger partial charge in [-0.05, 0) is 66.7 Å². The van der Waals surface area contributed by atoms with Crippen LogP contribution in [-0.4, -0.2) is 16.8 Å². The molecule has 0 fully saturated rings. The average Bonchev–Trinajstić information content (AvgIpc) is 2.63. The van der Waals surface area contributed by atoms with E-state index in [-0.39, 0.29) is 25.5 Å². The SMILES string of the molecule is O=S(=O)(Nc1ccc(Cl)cc1)c1ccc(NS(=O)(=O)c2cc(Cl)cc(Cl)c2)cc1. The Labute approximate surface area is 183 Å². The van der Waals surface area contributed by atoms with E-state index in [0.717, 1.165) is 0 Å². The molecule has 0 saturated carbocycles. The number of hydrogen-bond donors (Lipinski definition) is 2. The Morgan fingerprint density at radius 3 is 1.41 bits per heavy atom. The molecule has 29 heavy (non-hydrogen) atoms. The number of hydrogen-bond acceptors (Lipinski definition) is 4. The number of nitrogens with one attached hydrogen (secondary N) is 2. The summed E-state index contributed by atoms with van der Waals surface area (Å²) in [6, 6.07) is 15.3. The van der Waals surface area contributed by atoms with Crippen LogP contribution in [0.4, 0.5) is 11.4 Å². The van der Waals surface area contributed by atoms with Crippen molar-refractivity contribution in [3.8, 4) is 0 Å². The van der Waals surface area contributed by atoms with Gasteiger partial charge < -0.3 is 0 Å². The second-order valence-electron chi connectivity index (χ2n) is 5.85. The fraction of sp³-hybridized carbons (Fsp3) is 0. The summed E-state index contributed by atoms with van der Waals surface area (Å²) < 4.78 is 54.7. The van der Waals surface area contributed by atoms with Gasteiger partial charge in [0.1, 0.15) is 0 Å². The summed E-state index contributed by atoms with van der Waals surface area (Å²) in [5.74, 6) is 0. The fourth-order valence-corrected chi connectivity index (χ4v) is 5.30. The highest BCUT2D eigenvalue weighted by Gasteiger charge is 2.18. The third-order valence-corrected chi connectivity index (χ3v) is 7.11. The quantitative estimate of drug-likeness (QED) is 0.493. The van der Waals surface area contributed by atoms with Gasteiger partial charge in [-0.15, -0.1) is 0 Å². The average molecular weight is 492 g/mol. The molecular weight excluding hydrogens is 479 g/mol. The normalized spacial score (nSPS) is 11.8. The van der Waals surface area contributed by atoms with E-state index in [1.54, 1.807) is 12.1 Å². The first-order valence-corrected chi connectivity index (χ1v) is 12.0. The number of rotatable bonds is 6. The van der Waals surface area contributed by atoms with Gasteiger partial charge in [0, 0.05) is 26.4 Å². The Balaban J connectivity index is 1.79. The smallest absolute Gasteiger partial charge is 0.261 e. The van der Waals surface area contributed by atoms with Crippen LogP contribution in [0, 0.1) is 0 Å². The fourth-order valence-electron chi connectivity index (χ4n) is 2.33. The molecular formula is C18H13Cl3N2O4S2. The van der Waals surface area contributed by atoms with Crippen molar-refractivity contribution in [1.29, 1.82) is 0 Å². The lowest BCUT2D eigenvalue weighted by Gasteiger charge is -2.11. The maximum Gasteiger partial charge on any atom is 0.261 e. The highest BCUT2D eigenvalue weighted by Crippen LogP contribution is 2.25. The maximum atomic E-state index is 12.5. The van der Waals surface area contributed by atoms with E-state index in [4.69, 9.17) is 34.8 Å². The van der Waals surface area contributed by atoms with Crippen molar-refractivity contribution in [3.63, 3.8) is 0 Å². The predicted octanol–water partition coefficient (Wildman–Crippen LogP) is 5.25. The predicted molar refractivity (Wildman–Crippen MR) is 116 cm³/mol. The molecule has 3 aromatic carbocycles. The second kappa shape index (κ2) is 8.41. The highest BCUT2D eigenvalue weighted by molar-refractivity contribution is 7.93. The largest absolute Gasteiger partial charge is 0.280 e. The van der Waals surface area contributed by atoms with Crippen molar-refractivity contribution in [1.82, 2.24) is 0 Å². The third kappa shape index (κ3) is 5.55. The van der Waals surface area contributed by atoms with E-state index in [2.05, 4.69) is 9.44 Å². The van der Waals surface area contributed by atoms with Gasteiger partial charge in [0.05, 0.1) is 9.79 Å². The van der Waals surface area contributed by atoms with Crippen molar-refractivity contribution in [3.05, 3.63) is 81.8 Å². The van der Waals surface area contributed by atoms with Crippen molar-refractivity contribution in [2.75, 3.05) is 9.44 Å². The Hall–Kier alpha value is -1.97. The molecule has 0 heterocycles. The molecule has 3 aromatic rings. The molecule has 0 radical (unpaired) electrons. The summed E-state index contributed by atoms with van der Waals surface area (Å²) in [6.07, 6.45) is 0. The second-order valence-corrected chi connectivity index (χ2v) is 10.5. The highest BCUT2D eigenvalue weighted by atomic mass is 35.5. The van der Waals surface area contributed by atoms with Gasteiger partial charge in [0.25, 0.3) is 20.0 Å². The minimum atomic E-state index is -3.96. The summed E-state index contributed by atoms with van der Waals surface area (Å²) in [6.45, 7) is 0. The van der Waals surface area contributed by atoms with Gasteiger partial charge in [-0.2, -0.15) is 0 Å².